The summed E-state index contributed by atoms with van der Waals surface area (Å²) in [5.41, 5.74) is 1.06. The maximum Gasteiger partial charge on any atom is 0.224 e. The fraction of sp³-hybridized carbons (Fsp3) is 0.231. The van der Waals surface area contributed by atoms with E-state index in [1.54, 1.807) is 18.3 Å². The lowest BCUT2D eigenvalue weighted by molar-refractivity contribution is 0.305. The van der Waals surface area contributed by atoms with Gasteiger partial charge in [-0.15, -0.1) is 0 Å². The summed E-state index contributed by atoms with van der Waals surface area (Å²) in [6, 6.07) is 0. The van der Waals surface area contributed by atoms with Crippen molar-refractivity contribution < 1.29 is 4.74 Å². The number of hydrogen-bond acceptors (Lipinski definition) is 4. The molecule has 0 radical (unpaired) electrons. The molecule has 1 aliphatic heterocycles. The van der Waals surface area contributed by atoms with Crippen LogP contribution in [0.4, 0.5) is 5.82 Å². The Balaban J connectivity index is 2.26. The van der Waals surface area contributed by atoms with Crippen LogP contribution in [0.2, 0.25) is 5.28 Å². The van der Waals surface area contributed by atoms with Gasteiger partial charge in [-0.2, -0.15) is 4.98 Å². The minimum atomic E-state index is 0.220. The van der Waals surface area contributed by atoms with E-state index >= 15 is 0 Å². The summed E-state index contributed by atoms with van der Waals surface area (Å²) in [5, 5.41) is 0.220. The van der Waals surface area contributed by atoms with Crippen molar-refractivity contribution >= 4 is 17.4 Å². The van der Waals surface area contributed by atoms with Crippen LogP contribution in [0.25, 0.3) is 0 Å². The molecular formula is C13H14ClN3O. The van der Waals surface area contributed by atoms with Crippen LogP contribution in [0.15, 0.2) is 43.2 Å². The molecule has 0 aromatic carbocycles. The van der Waals surface area contributed by atoms with E-state index < -0.39 is 0 Å². The Bertz CT molecular complexity index is 499. The smallest absolute Gasteiger partial charge is 0.224 e. The van der Waals surface area contributed by atoms with Crippen LogP contribution >= 0.6 is 11.6 Å². The van der Waals surface area contributed by atoms with Gasteiger partial charge in [0.25, 0.3) is 0 Å². The standard InChI is InChI=1S/C13H14ClN3O/c1-3-5-10(4-2)9-17-6-7-18-11-8-15-13(14)16-12(11)17/h3-5,8H,1-2,6-7,9H2/b10-5+. The maximum atomic E-state index is 5.82. The molecule has 1 aliphatic rings. The van der Waals surface area contributed by atoms with Gasteiger partial charge >= 0.3 is 0 Å². The van der Waals surface area contributed by atoms with Crippen molar-refractivity contribution in [1.29, 1.82) is 0 Å². The van der Waals surface area contributed by atoms with E-state index in [2.05, 4.69) is 28.0 Å². The van der Waals surface area contributed by atoms with Crippen LogP contribution in [0.1, 0.15) is 0 Å². The van der Waals surface area contributed by atoms with Gasteiger partial charge in [-0.1, -0.05) is 31.4 Å². The third-order valence-corrected chi connectivity index (χ3v) is 2.77. The lowest BCUT2D eigenvalue weighted by Crippen LogP contribution is -2.35. The van der Waals surface area contributed by atoms with Gasteiger partial charge < -0.3 is 9.64 Å². The highest BCUT2D eigenvalue weighted by molar-refractivity contribution is 6.28. The Hall–Kier alpha value is -1.81. The minimum absolute atomic E-state index is 0.220. The summed E-state index contributed by atoms with van der Waals surface area (Å²) in [7, 11) is 0. The van der Waals surface area contributed by atoms with Crippen LogP contribution < -0.4 is 9.64 Å². The van der Waals surface area contributed by atoms with Gasteiger partial charge in [0.1, 0.15) is 6.61 Å². The first-order valence-corrected chi connectivity index (χ1v) is 5.96. The van der Waals surface area contributed by atoms with Crippen molar-refractivity contribution in [3.05, 3.63) is 48.4 Å². The summed E-state index contributed by atoms with van der Waals surface area (Å²) < 4.78 is 5.49. The summed E-state index contributed by atoms with van der Waals surface area (Å²) in [4.78, 5) is 10.2. The van der Waals surface area contributed by atoms with Crippen molar-refractivity contribution in [3.63, 3.8) is 0 Å². The van der Waals surface area contributed by atoms with Crippen molar-refractivity contribution in [1.82, 2.24) is 9.97 Å². The Kier molecular flexibility index (Phi) is 3.99. The Labute approximate surface area is 111 Å². The molecule has 0 spiro atoms. The second kappa shape index (κ2) is 5.69. The molecule has 0 saturated carbocycles. The van der Waals surface area contributed by atoms with E-state index in [4.69, 9.17) is 16.3 Å². The van der Waals surface area contributed by atoms with Crippen LogP contribution in [0.3, 0.4) is 0 Å². The molecule has 5 heteroatoms. The first-order valence-electron chi connectivity index (χ1n) is 5.59. The number of nitrogens with zero attached hydrogens (tertiary/aromatic N) is 3. The van der Waals surface area contributed by atoms with E-state index in [-0.39, 0.29) is 5.28 Å². The third kappa shape index (κ3) is 2.71. The number of allylic oxidation sites excluding steroid dienone is 2. The molecule has 18 heavy (non-hydrogen) atoms. The molecule has 0 saturated heterocycles. The summed E-state index contributed by atoms with van der Waals surface area (Å²) in [5.74, 6) is 1.38. The van der Waals surface area contributed by atoms with E-state index in [1.165, 1.54) is 0 Å². The van der Waals surface area contributed by atoms with Crippen molar-refractivity contribution in [2.75, 3.05) is 24.6 Å². The van der Waals surface area contributed by atoms with Gasteiger partial charge in [0.15, 0.2) is 11.6 Å². The zero-order valence-corrected chi connectivity index (χ0v) is 10.7. The number of anilines is 1. The fourth-order valence-corrected chi connectivity index (χ4v) is 1.88. The number of ether oxygens (including phenoxy) is 1. The number of halogens is 1. The first kappa shape index (κ1) is 12.6. The molecule has 1 aromatic heterocycles. The largest absolute Gasteiger partial charge is 0.486 e. The average Bonchev–Trinajstić information content (AvgIpc) is 2.38. The number of rotatable bonds is 4. The molecule has 2 heterocycles. The fourth-order valence-electron chi connectivity index (χ4n) is 1.75. The highest BCUT2D eigenvalue weighted by atomic mass is 35.5. The predicted octanol–water partition coefficient (Wildman–Crippen LogP) is 2.63. The van der Waals surface area contributed by atoms with Crippen LogP contribution in [-0.2, 0) is 0 Å². The summed E-state index contributed by atoms with van der Waals surface area (Å²) >= 11 is 5.82. The van der Waals surface area contributed by atoms with E-state index in [1.807, 2.05) is 6.08 Å². The Morgan fingerprint density at radius 2 is 2.39 bits per heavy atom. The van der Waals surface area contributed by atoms with Crippen molar-refractivity contribution in [2.45, 2.75) is 0 Å². The highest BCUT2D eigenvalue weighted by Crippen LogP contribution is 2.29. The average molecular weight is 264 g/mol. The van der Waals surface area contributed by atoms with Gasteiger partial charge in [0.2, 0.25) is 5.28 Å². The predicted molar refractivity (Wildman–Crippen MR) is 73.2 cm³/mol. The third-order valence-electron chi connectivity index (χ3n) is 2.59. The lowest BCUT2D eigenvalue weighted by atomic mass is 10.2. The molecule has 0 N–H and O–H groups in total. The number of hydrogen-bond donors (Lipinski definition) is 0. The zero-order valence-electron chi connectivity index (χ0n) is 9.97. The van der Waals surface area contributed by atoms with E-state index in [0.29, 0.717) is 18.9 Å². The molecule has 0 fully saturated rings. The van der Waals surface area contributed by atoms with Gasteiger partial charge in [0, 0.05) is 6.54 Å². The summed E-state index contributed by atoms with van der Waals surface area (Å²) in [6.07, 6.45) is 7.07. The second-order valence-electron chi connectivity index (χ2n) is 3.78. The monoisotopic (exact) mass is 263 g/mol. The molecule has 4 nitrogen and oxygen atoms in total. The Morgan fingerprint density at radius 1 is 1.56 bits per heavy atom. The SMILES string of the molecule is C=C/C=C(\C=C)CN1CCOc2cnc(Cl)nc21. The zero-order chi connectivity index (χ0) is 13.0. The molecule has 0 bridgehead atoms. The quantitative estimate of drug-likeness (QED) is 0.618. The van der Waals surface area contributed by atoms with Crippen LogP contribution in [0.5, 0.6) is 5.75 Å². The van der Waals surface area contributed by atoms with Gasteiger partial charge in [-0.05, 0) is 17.2 Å². The second-order valence-corrected chi connectivity index (χ2v) is 4.12. The van der Waals surface area contributed by atoms with Gasteiger partial charge in [0.05, 0.1) is 12.7 Å². The summed E-state index contributed by atoms with van der Waals surface area (Å²) in [6.45, 7) is 9.53. The van der Waals surface area contributed by atoms with E-state index in [9.17, 15) is 0 Å². The molecule has 0 atom stereocenters. The maximum absolute atomic E-state index is 5.82. The topological polar surface area (TPSA) is 38.2 Å². The minimum Gasteiger partial charge on any atom is -0.486 e. The van der Waals surface area contributed by atoms with Crippen molar-refractivity contribution in [2.24, 2.45) is 0 Å². The molecule has 94 valence electrons. The molecule has 0 amide bonds. The molecule has 0 unspecified atom stereocenters. The number of aromatic nitrogens is 2. The normalized spacial score (nSPS) is 14.7. The van der Waals surface area contributed by atoms with Crippen molar-refractivity contribution in [3.8, 4) is 5.75 Å². The Morgan fingerprint density at radius 3 is 3.11 bits per heavy atom. The van der Waals surface area contributed by atoms with Crippen LogP contribution in [0, 0.1) is 0 Å². The molecule has 2 rings (SSSR count). The van der Waals surface area contributed by atoms with Gasteiger partial charge in [-0.3, -0.25) is 0 Å². The highest BCUT2D eigenvalue weighted by Gasteiger charge is 2.20. The van der Waals surface area contributed by atoms with E-state index in [0.717, 1.165) is 17.9 Å². The molecular weight excluding hydrogens is 250 g/mol. The van der Waals surface area contributed by atoms with Gasteiger partial charge in [-0.25, -0.2) is 4.98 Å². The molecule has 1 aromatic rings. The number of fused-ring (bicyclic) bond motifs is 1. The van der Waals surface area contributed by atoms with Crippen LogP contribution in [-0.4, -0.2) is 29.7 Å². The lowest BCUT2D eigenvalue weighted by Gasteiger charge is -2.29. The first-order chi connectivity index (χ1) is 8.74. The molecule has 0 aliphatic carbocycles.